The maximum Gasteiger partial charge on any atom is 0.255 e. The molecule has 0 atom stereocenters. The van der Waals surface area contributed by atoms with E-state index in [0.717, 1.165) is 23.5 Å². The molecule has 0 fully saturated rings. The van der Waals surface area contributed by atoms with Gasteiger partial charge in [0.15, 0.2) is 0 Å². The zero-order chi connectivity index (χ0) is 17.1. The van der Waals surface area contributed by atoms with Crippen LogP contribution >= 0.6 is 0 Å². The Morgan fingerprint density at radius 1 is 1.22 bits per heavy atom. The van der Waals surface area contributed by atoms with Crippen molar-refractivity contribution in [3.63, 3.8) is 0 Å². The highest BCUT2D eigenvalue weighted by molar-refractivity contribution is 5.96. The predicted octanol–water partition coefficient (Wildman–Crippen LogP) is 3.83. The molecule has 0 bridgehead atoms. The zero-order valence-electron chi connectivity index (χ0n) is 15.0. The van der Waals surface area contributed by atoms with Crippen molar-refractivity contribution in [2.24, 2.45) is 5.92 Å². The topological polar surface area (TPSA) is 46.9 Å². The van der Waals surface area contributed by atoms with Gasteiger partial charge in [-0.2, -0.15) is 5.10 Å². The first-order valence-corrected chi connectivity index (χ1v) is 8.26. The third-order valence-corrected chi connectivity index (χ3v) is 3.68. The Morgan fingerprint density at radius 2 is 1.91 bits per heavy atom. The van der Waals surface area contributed by atoms with Gasteiger partial charge in [0, 0.05) is 6.04 Å². The average molecular weight is 313 g/mol. The minimum absolute atomic E-state index is 0.0351. The summed E-state index contributed by atoms with van der Waals surface area (Å²) in [6.07, 6.45) is 0.792. The van der Waals surface area contributed by atoms with Crippen molar-refractivity contribution in [3.8, 4) is 5.69 Å². The second-order valence-electron chi connectivity index (χ2n) is 6.88. The zero-order valence-corrected chi connectivity index (χ0v) is 15.0. The van der Waals surface area contributed by atoms with Gasteiger partial charge in [0.2, 0.25) is 0 Å². The Bertz CT molecular complexity index is 699. The third-order valence-electron chi connectivity index (χ3n) is 3.68. The SMILES string of the molecule is Cc1cccc(-n2nc(CC(C)C)c(C(=O)NC(C)C)c2C)c1. The number of amides is 1. The van der Waals surface area contributed by atoms with Crippen LogP contribution in [0.5, 0.6) is 0 Å². The summed E-state index contributed by atoms with van der Waals surface area (Å²) in [5.41, 5.74) is 4.66. The fraction of sp³-hybridized carbons (Fsp3) is 0.474. The summed E-state index contributed by atoms with van der Waals surface area (Å²) < 4.78 is 1.89. The molecule has 124 valence electrons. The summed E-state index contributed by atoms with van der Waals surface area (Å²) in [5, 5.41) is 7.74. The molecule has 0 saturated heterocycles. The van der Waals surface area contributed by atoms with Crippen LogP contribution in [-0.2, 0) is 6.42 Å². The summed E-state index contributed by atoms with van der Waals surface area (Å²) in [6, 6.07) is 8.29. The molecular formula is C19H27N3O. The molecule has 4 heteroatoms. The molecule has 1 aromatic heterocycles. The lowest BCUT2D eigenvalue weighted by Gasteiger charge is -2.10. The van der Waals surface area contributed by atoms with E-state index >= 15 is 0 Å². The molecule has 0 radical (unpaired) electrons. The monoisotopic (exact) mass is 313 g/mol. The molecule has 1 heterocycles. The molecule has 1 amide bonds. The van der Waals surface area contributed by atoms with Crippen molar-refractivity contribution in [1.29, 1.82) is 0 Å². The quantitative estimate of drug-likeness (QED) is 0.912. The van der Waals surface area contributed by atoms with Crippen molar-refractivity contribution in [1.82, 2.24) is 15.1 Å². The Labute approximate surface area is 138 Å². The minimum Gasteiger partial charge on any atom is -0.350 e. The fourth-order valence-electron chi connectivity index (χ4n) is 2.73. The van der Waals surface area contributed by atoms with E-state index in [1.807, 2.05) is 37.6 Å². The molecule has 0 aliphatic carbocycles. The van der Waals surface area contributed by atoms with Crippen molar-refractivity contribution < 1.29 is 4.79 Å². The van der Waals surface area contributed by atoms with E-state index in [1.165, 1.54) is 5.56 Å². The van der Waals surface area contributed by atoms with Crippen LogP contribution in [0.1, 0.15) is 55.0 Å². The maximum absolute atomic E-state index is 12.6. The second-order valence-corrected chi connectivity index (χ2v) is 6.88. The molecule has 0 aliphatic rings. The molecule has 0 aliphatic heterocycles. The average Bonchev–Trinajstić information content (AvgIpc) is 2.74. The van der Waals surface area contributed by atoms with Gasteiger partial charge in [0.25, 0.3) is 5.91 Å². The van der Waals surface area contributed by atoms with E-state index in [2.05, 4.69) is 38.2 Å². The number of benzene rings is 1. The van der Waals surface area contributed by atoms with E-state index in [9.17, 15) is 4.79 Å². The molecule has 0 spiro atoms. The van der Waals surface area contributed by atoms with Crippen LogP contribution in [0.2, 0.25) is 0 Å². The highest BCUT2D eigenvalue weighted by Crippen LogP contribution is 2.21. The van der Waals surface area contributed by atoms with Crippen LogP contribution in [0.3, 0.4) is 0 Å². The Hall–Kier alpha value is -2.10. The highest BCUT2D eigenvalue weighted by atomic mass is 16.1. The van der Waals surface area contributed by atoms with Crippen LogP contribution < -0.4 is 5.32 Å². The van der Waals surface area contributed by atoms with Gasteiger partial charge in [0.1, 0.15) is 0 Å². The van der Waals surface area contributed by atoms with E-state index < -0.39 is 0 Å². The van der Waals surface area contributed by atoms with Crippen molar-refractivity contribution in [2.45, 2.75) is 54.0 Å². The number of hydrogen-bond donors (Lipinski definition) is 1. The highest BCUT2D eigenvalue weighted by Gasteiger charge is 2.22. The van der Waals surface area contributed by atoms with Gasteiger partial charge >= 0.3 is 0 Å². The standard InChI is InChI=1S/C19H27N3O/c1-12(2)10-17-18(19(23)20-13(3)4)15(6)22(21-17)16-9-7-8-14(5)11-16/h7-9,11-13H,10H2,1-6H3,(H,20,23). The number of nitrogens with one attached hydrogen (secondary N) is 1. The molecule has 0 saturated carbocycles. The summed E-state index contributed by atoms with van der Waals surface area (Å²) >= 11 is 0. The maximum atomic E-state index is 12.6. The van der Waals surface area contributed by atoms with Gasteiger partial charge in [-0.25, -0.2) is 4.68 Å². The van der Waals surface area contributed by atoms with E-state index in [1.54, 1.807) is 0 Å². The van der Waals surface area contributed by atoms with E-state index in [-0.39, 0.29) is 11.9 Å². The molecule has 1 N–H and O–H groups in total. The van der Waals surface area contributed by atoms with Gasteiger partial charge in [-0.05, 0) is 57.7 Å². The first kappa shape index (κ1) is 17.3. The number of aryl methyl sites for hydroxylation is 1. The van der Waals surface area contributed by atoms with Crippen LogP contribution in [0.15, 0.2) is 24.3 Å². The first-order chi connectivity index (χ1) is 10.8. The third kappa shape index (κ3) is 4.01. The Morgan fingerprint density at radius 3 is 2.48 bits per heavy atom. The lowest BCUT2D eigenvalue weighted by Crippen LogP contribution is -2.31. The summed E-state index contributed by atoms with van der Waals surface area (Å²) in [4.78, 5) is 12.6. The number of rotatable bonds is 5. The van der Waals surface area contributed by atoms with Crippen LogP contribution in [-0.4, -0.2) is 21.7 Å². The molecule has 4 nitrogen and oxygen atoms in total. The summed E-state index contributed by atoms with van der Waals surface area (Å²) in [7, 11) is 0. The number of nitrogens with zero attached hydrogens (tertiary/aromatic N) is 2. The lowest BCUT2D eigenvalue weighted by molar-refractivity contribution is 0.0941. The normalized spacial score (nSPS) is 11.3. The van der Waals surface area contributed by atoms with E-state index in [0.29, 0.717) is 11.5 Å². The smallest absolute Gasteiger partial charge is 0.255 e. The molecule has 0 unspecified atom stereocenters. The van der Waals surface area contributed by atoms with Crippen LogP contribution in [0.25, 0.3) is 5.69 Å². The Kier molecular flexibility index (Phi) is 5.24. The molecule has 2 aromatic rings. The first-order valence-electron chi connectivity index (χ1n) is 8.26. The lowest BCUT2D eigenvalue weighted by atomic mass is 10.0. The Balaban J connectivity index is 2.53. The molecule has 1 aromatic carbocycles. The fourth-order valence-corrected chi connectivity index (χ4v) is 2.73. The van der Waals surface area contributed by atoms with Gasteiger partial charge in [-0.3, -0.25) is 4.79 Å². The van der Waals surface area contributed by atoms with Gasteiger partial charge in [-0.1, -0.05) is 26.0 Å². The minimum atomic E-state index is -0.0351. The summed E-state index contributed by atoms with van der Waals surface area (Å²) in [5.74, 6) is 0.410. The van der Waals surface area contributed by atoms with Gasteiger partial charge < -0.3 is 5.32 Å². The van der Waals surface area contributed by atoms with E-state index in [4.69, 9.17) is 5.10 Å². The number of hydrogen-bond acceptors (Lipinski definition) is 2. The van der Waals surface area contributed by atoms with Crippen LogP contribution in [0, 0.1) is 19.8 Å². The number of carbonyl (C=O) groups excluding carboxylic acids is 1. The molecular weight excluding hydrogens is 286 g/mol. The van der Waals surface area contributed by atoms with Crippen LogP contribution in [0.4, 0.5) is 0 Å². The summed E-state index contributed by atoms with van der Waals surface area (Å²) in [6.45, 7) is 12.3. The van der Waals surface area contributed by atoms with Crippen molar-refractivity contribution >= 4 is 5.91 Å². The van der Waals surface area contributed by atoms with Gasteiger partial charge in [0.05, 0.1) is 22.6 Å². The largest absolute Gasteiger partial charge is 0.350 e. The van der Waals surface area contributed by atoms with Gasteiger partial charge in [-0.15, -0.1) is 0 Å². The molecule has 2 rings (SSSR count). The predicted molar refractivity (Wildman–Crippen MR) is 94.2 cm³/mol. The number of carbonyl (C=O) groups is 1. The number of aromatic nitrogens is 2. The van der Waals surface area contributed by atoms with Crippen molar-refractivity contribution in [2.75, 3.05) is 0 Å². The second kappa shape index (κ2) is 6.99. The van der Waals surface area contributed by atoms with Crippen molar-refractivity contribution in [3.05, 3.63) is 46.8 Å². The molecule has 23 heavy (non-hydrogen) atoms.